The fraction of sp³-hybridized carbons (Fsp3) is 0.938. The van der Waals surface area contributed by atoms with Crippen LogP contribution in [0.3, 0.4) is 0 Å². The van der Waals surface area contributed by atoms with Gasteiger partial charge in [-0.1, -0.05) is 34.1 Å². The van der Waals surface area contributed by atoms with Gasteiger partial charge in [0.2, 0.25) is 5.91 Å². The zero-order valence-corrected chi connectivity index (χ0v) is 13.6. The molecule has 1 saturated heterocycles. The lowest BCUT2D eigenvalue weighted by Gasteiger charge is -2.34. The fourth-order valence-corrected chi connectivity index (χ4v) is 2.64. The second-order valence-corrected chi connectivity index (χ2v) is 7.24. The summed E-state index contributed by atoms with van der Waals surface area (Å²) < 4.78 is 0. The Hall–Kier alpha value is -0.610. The standard InChI is InChI=1S/C16H32N2O2/c1-5-6-14(19)12-17-13-7-9-18(10-8-13)15(20)11-16(2,3)4/h13-14,17,19H,5-12H2,1-4H3. The molecule has 1 fully saturated rings. The van der Waals surface area contributed by atoms with Crippen molar-refractivity contribution in [2.75, 3.05) is 19.6 Å². The molecule has 20 heavy (non-hydrogen) atoms. The molecule has 0 aliphatic carbocycles. The first-order valence-corrected chi connectivity index (χ1v) is 8.01. The molecule has 4 heteroatoms. The number of piperidine rings is 1. The van der Waals surface area contributed by atoms with E-state index < -0.39 is 0 Å². The van der Waals surface area contributed by atoms with Gasteiger partial charge in [-0.05, 0) is 24.7 Å². The van der Waals surface area contributed by atoms with E-state index in [4.69, 9.17) is 0 Å². The topological polar surface area (TPSA) is 52.6 Å². The maximum Gasteiger partial charge on any atom is 0.223 e. The summed E-state index contributed by atoms with van der Waals surface area (Å²) in [5, 5.41) is 13.1. The molecule has 1 amide bonds. The highest BCUT2D eigenvalue weighted by molar-refractivity contribution is 5.76. The van der Waals surface area contributed by atoms with Crippen LogP contribution in [0.2, 0.25) is 0 Å². The first-order valence-electron chi connectivity index (χ1n) is 8.01. The van der Waals surface area contributed by atoms with E-state index in [1.165, 1.54) is 0 Å². The molecule has 1 unspecified atom stereocenters. The number of rotatable bonds is 6. The highest BCUT2D eigenvalue weighted by Gasteiger charge is 2.25. The third-order valence-electron chi connectivity index (χ3n) is 3.79. The van der Waals surface area contributed by atoms with Crippen molar-refractivity contribution >= 4 is 5.91 Å². The van der Waals surface area contributed by atoms with E-state index in [2.05, 4.69) is 33.0 Å². The van der Waals surface area contributed by atoms with Gasteiger partial charge in [-0.2, -0.15) is 0 Å². The molecule has 0 bridgehead atoms. The van der Waals surface area contributed by atoms with E-state index in [1.807, 2.05) is 4.90 Å². The predicted octanol–water partition coefficient (Wildman–Crippen LogP) is 2.16. The summed E-state index contributed by atoms with van der Waals surface area (Å²) in [7, 11) is 0. The lowest BCUT2D eigenvalue weighted by Crippen LogP contribution is -2.47. The van der Waals surface area contributed by atoms with Crippen LogP contribution in [0.1, 0.15) is 59.8 Å². The predicted molar refractivity (Wildman–Crippen MR) is 82.6 cm³/mol. The number of amides is 1. The molecule has 1 rings (SSSR count). The number of hydrogen-bond donors (Lipinski definition) is 2. The van der Waals surface area contributed by atoms with E-state index in [1.54, 1.807) is 0 Å². The maximum absolute atomic E-state index is 12.1. The molecule has 1 aliphatic heterocycles. The van der Waals surface area contributed by atoms with Crippen LogP contribution in [0.25, 0.3) is 0 Å². The molecule has 1 aliphatic rings. The Morgan fingerprint density at radius 2 is 1.95 bits per heavy atom. The summed E-state index contributed by atoms with van der Waals surface area (Å²) in [4.78, 5) is 14.1. The van der Waals surface area contributed by atoms with Gasteiger partial charge in [-0.15, -0.1) is 0 Å². The number of carbonyl (C=O) groups excluding carboxylic acids is 1. The van der Waals surface area contributed by atoms with Crippen LogP contribution in [-0.4, -0.2) is 47.7 Å². The van der Waals surface area contributed by atoms with Gasteiger partial charge in [-0.3, -0.25) is 4.79 Å². The molecule has 4 nitrogen and oxygen atoms in total. The van der Waals surface area contributed by atoms with Crippen molar-refractivity contribution in [1.29, 1.82) is 0 Å². The summed E-state index contributed by atoms with van der Waals surface area (Å²) in [5.41, 5.74) is 0.0659. The number of hydrogen-bond acceptors (Lipinski definition) is 3. The van der Waals surface area contributed by atoms with E-state index in [0.717, 1.165) is 38.8 Å². The average Bonchev–Trinajstić information content (AvgIpc) is 2.35. The number of carbonyl (C=O) groups is 1. The third-order valence-corrected chi connectivity index (χ3v) is 3.79. The zero-order chi connectivity index (χ0) is 15.2. The van der Waals surface area contributed by atoms with Crippen LogP contribution in [0.5, 0.6) is 0 Å². The third kappa shape index (κ3) is 6.71. The molecule has 0 aromatic rings. The summed E-state index contributed by atoms with van der Waals surface area (Å²) >= 11 is 0. The minimum atomic E-state index is -0.236. The van der Waals surface area contributed by atoms with Crippen molar-refractivity contribution in [2.45, 2.75) is 71.9 Å². The lowest BCUT2D eigenvalue weighted by molar-refractivity contribution is -0.134. The van der Waals surface area contributed by atoms with Crippen LogP contribution in [0.4, 0.5) is 0 Å². The van der Waals surface area contributed by atoms with Crippen LogP contribution < -0.4 is 5.32 Å². The van der Waals surface area contributed by atoms with Crippen LogP contribution >= 0.6 is 0 Å². The monoisotopic (exact) mass is 284 g/mol. The van der Waals surface area contributed by atoms with E-state index in [-0.39, 0.29) is 17.4 Å². The van der Waals surface area contributed by atoms with Gasteiger partial charge in [-0.25, -0.2) is 0 Å². The fourth-order valence-electron chi connectivity index (χ4n) is 2.64. The van der Waals surface area contributed by atoms with Gasteiger partial charge >= 0.3 is 0 Å². The van der Waals surface area contributed by atoms with E-state index in [9.17, 15) is 9.90 Å². The zero-order valence-electron chi connectivity index (χ0n) is 13.6. The molecule has 0 aromatic carbocycles. The quantitative estimate of drug-likeness (QED) is 0.786. The van der Waals surface area contributed by atoms with Gasteiger partial charge in [0.15, 0.2) is 0 Å². The maximum atomic E-state index is 12.1. The highest BCUT2D eigenvalue weighted by atomic mass is 16.3. The molecule has 2 N–H and O–H groups in total. The normalized spacial score (nSPS) is 19.1. The first-order chi connectivity index (χ1) is 9.31. The second kappa shape index (κ2) is 7.99. The Kier molecular flexibility index (Phi) is 6.96. The molecule has 0 radical (unpaired) electrons. The number of nitrogens with zero attached hydrogens (tertiary/aromatic N) is 1. The van der Waals surface area contributed by atoms with Crippen molar-refractivity contribution in [3.05, 3.63) is 0 Å². The van der Waals surface area contributed by atoms with Crippen molar-refractivity contribution in [1.82, 2.24) is 10.2 Å². The van der Waals surface area contributed by atoms with E-state index >= 15 is 0 Å². The van der Waals surface area contributed by atoms with Crippen LogP contribution in [0.15, 0.2) is 0 Å². The van der Waals surface area contributed by atoms with Crippen molar-refractivity contribution in [2.24, 2.45) is 5.41 Å². The molecule has 0 spiro atoms. The Labute approximate surface area is 123 Å². The van der Waals surface area contributed by atoms with Gasteiger partial charge in [0, 0.05) is 32.1 Å². The lowest BCUT2D eigenvalue weighted by atomic mass is 9.91. The van der Waals surface area contributed by atoms with Gasteiger partial charge in [0.05, 0.1) is 6.10 Å². The summed E-state index contributed by atoms with van der Waals surface area (Å²) in [6, 6.07) is 0.445. The van der Waals surface area contributed by atoms with Crippen molar-refractivity contribution < 1.29 is 9.90 Å². The van der Waals surface area contributed by atoms with Gasteiger partial charge in [0.25, 0.3) is 0 Å². The molecular formula is C16H32N2O2. The minimum absolute atomic E-state index is 0.0659. The first kappa shape index (κ1) is 17.4. The number of nitrogens with one attached hydrogen (secondary N) is 1. The second-order valence-electron chi connectivity index (χ2n) is 7.24. The summed E-state index contributed by atoms with van der Waals surface area (Å²) in [5.74, 6) is 0.280. The van der Waals surface area contributed by atoms with Crippen molar-refractivity contribution in [3.8, 4) is 0 Å². The van der Waals surface area contributed by atoms with Crippen molar-refractivity contribution in [3.63, 3.8) is 0 Å². The minimum Gasteiger partial charge on any atom is -0.392 e. The Morgan fingerprint density at radius 1 is 1.35 bits per heavy atom. The Balaban J connectivity index is 2.24. The Morgan fingerprint density at radius 3 is 2.45 bits per heavy atom. The molecular weight excluding hydrogens is 252 g/mol. The molecule has 1 atom stereocenters. The van der Waals surface area contributed by atoms with Gasteiger partial charge < -0.3 is 15.3 Å². The SMILES string of the molecule is CCCC(O)CNC1CCN(C(=O)CC(C)(C)C)CC1. The molecule has 1 heterocycles. The van der Waals surface area contributed by atoms with Crippen LogP contribution in [-0.2, 0) is 4.79 Å². The number of aliphatic hydroxyl groups excluding tert-OH is 1. The van der Waals surface area contributed by atoms with Crippen LogP contribution in [0, 0.1) is 5.41 Å². The Bertz CT molecular complexity index is 291. The summed E-state index contributed by atoms with van der Waals surface area (Å²) in [6.07, 6.45) is 4.25. The molecule has 0 saturated carbocycles. The molecule has 0 aromatic heterocycles. The average molecular weight is 284 g/mol. The number of likely N-dealkylation sites (tertiary alicyclic amines) is 1. The highest BCUT2D eigenvalue weighted by Crippen LogP contribution is 2.21. The van der Waals surface area contributed by atoms with E-state index in [0.29, 0.717) is 19.0 Å². The van der Waals surface area contributed by atoms with Gasteiger partial charge in [0.1, 0.15) is 0 Å². The number of aliphatic hydroxyl groups is 1. The smallest absolute Gasteiger partial charge is 0.223 e. The summed E-state index contributed by atoms with van der Waals surface area (Å²) in [6.45, 7) is 10.8. The largest absolute Gasteiger partial charge is 0.392 e. The molecule has 118 valence electrons.